The standard InChI is InChI=1S/C18H23N7O/c1-13-8-16(25(4)22-13)20-18(26)15-7-5-6-14(9-15)10-23(2)11-17-21-19-12-24(17)3/h5-9,12H,10-11H2,1-4H3,(H,20,26). The van der Waals surface area contributed by atoms with E-state index in [0.717, 1.165) is 17.1 Å². The third kappa shape index (κ3) is 4.15. The first kappa shape index (κ1) is 17.8. The summed E-state index contributed by atoms with van der Waals surface area (Å²) in [5.41, 5.74) is 2.54. The predicted molar refractivity (Wildman–Crippen MR) is 98.5 cm³/mol. The summed E-state index contributed by atoms with van der Waals surface area (Å²) in [6.07, 6.45) is 1.69. The molecule has 0 aliphatic rings. The first-order valence-electron chi connectivity index (χ1n) is 8.34. The minimum atomic E-state index is -0.147. The summed E-state index contributed by atoms with van der Waals surface area (Å²) in [5, 5.41) is 15.1. The fourth-order valence-electron chi connectivity index (χ4n) is 2.79. The van der Waals surface area contributed by atoms with Crippen LogP contribution >= 0.6 is 0 Å². The smallest absolute Gasteiger partial charge is 0.256 e. The van der Waals surface area contributed by atoms with E-state index in [-0.39, 0.29) is 5.91 Å². The molecule has 2 heterocycles. The summed E-state index contributed by atoms with van der Waals surface area (Å²) in [5.74, 6) is 1.43. The molecule has 3 rings (SSSR count). The number of benzene rings is 1. The quantitative estimate of drug-likeness (QED) is 0.730. The second-order valence-electron chi connectivity index (χ2n) is 6.48. The number of aromatic nitrogens is 5. The lowest BCUT2D eigenvalue weighted by molar-refractivity contribution is 0.102. The van der Waals surface area contributed by atoms with Gasteiger partial charge in [-0.05, 0) is 31.7 Å². The maximum atomic E-state index is 12.5. The Morgan fingerprint density at radius 3 is 2.69 bits per heavy atom. The summed E-state index contributed by atoms with van der Waals surface area (Å²) in [6, 6.07) is 9.47. The van der Waals surface area contributed by atoms with Crippen molar-refractivity contribution in [2.75, 3.05) is 12.4 Å². The Morgan fingerprint density at radius 1 is 1.23 bits per heavy atom. The highest BCUT2D eigenvalue weighted by atomic mass is 16.1. The van der Waals surface area contributed by atoms with Crippen LogP contribution in [0.5, 0.6) is 0 Å². The normalized spacial score (nSPS) is 11.1. The predicted octanol–water partition coefficient (Wildman–Crippen LogP) is 1.74. The number of anilines is 1. The molecule has 1 N–H and O–H groups in total. The van der Waals surface area contributed by atoms with Gasteiger partial charge in [0.25, 0.3) is 5.91 Å². The highest BCUT2D eigenvalue weighted by molar-refractivity contribution is 6.03. The van der Waals surface area contributed by atoms with E-state index in [4.69, 9.17) is 0 Å². The van der Waals surface area contributed by atoms with Crippen molar-refractivity contribution in [2.24, 2.45) is 14.1 Å². The Bertz CT molecular complexity index is 912. The molecule has 8 heteroatoms. The lowest BCUT2D eigenvalue weighted by atomic mass is 10.1. The van der Waals surface area contributed by atoms with Gasteiger partial charge in [-0.15, -0.1) is 10.2 Å². The molecule has 8 nitrogen and oxygen atoms in total. The third-order valence-corrected chi connectivity index (χ3v) is 4.10. The van der Waals surface area contributed by atoms with Crippen molar-refractivity contribution in [3.05, 3.63) is 59.3 Å². The van der Waals surface area contributed by atoms with Gasteiger partial charge >= 0.3 is 0 Å². The number of carbonyl (C=O) groups excluding carboxylic acids is 1. The second-order valence-corrected chi connectivity index (χ2v) is 6.48. The van der Waals surface area contributed by atoms with Crippen molar-refractivity contribution in [1.29, 1.82) is 0 Å². The molecule has 0 atom stereocenters. The second kappa shape index (κ2) is 7.49. The lowest BCUT2D eigenvalue weighted by Gasteiger charge is -2.16. The molecule has 0 fully saturated rings. The van der Waals surface area contributed by atoms with Gasteiger partial charge in [-0.1, -0.05) is 12.1 Å². The van der Waals surface area contributed by atoms with E-state index in [1.54, 1.807) is 18.1 Å². The van der Waals surface area contributed by atoms with E-state index < -0.39 is 0 Å². The third-order valence-electron chi connectivity index (χ3n) is 4.10. The highest BCUT2D eigenvalue weighted by Crippen LogP contribution is 2.13. The molecule has 2 aromatic heterocycles. The zero-order chi connectivity index (χ0) is 18.7. The SMILES string of the molecule is Cc1cc(NC(=O)c2cccc(CN(C)Cc3nncn3C)c2)n(C)n1. The van der Waals surface area contributed by atoms with E-state index in [9.17, 15) is 4.79 Å². The van der Waals surface area contributed by atoms with Crippen LogP contribution in [0.1, 0.15) is 27.4 Å². The van der Waals surface area contributed by atoms with Crippen LogP contribution in [0.3, 0.4) is 0 Å². The van der Waals surface area contributed by atoms with Gasteiger partial charge in [0.1, 0.15) is 18.0 Å². The fourth-order valence-corrected chi connectivity index (χ4v) is 2.79. The molecule has 136 valence electrons. The number of amides is 1. The molecule has 3 aromatic rings. The Kier molecular flexibility index (Phi) is 5.13. The average molecular weight is 353 g/mol. The zero-order valence-corrected chi connectivity index (χ0v) is 15.5. The minimum Gasteiger partial charge on any atom is -0.320 e. The first-order valence-corrected chi connectivity index (χ1v) is 8.34. The van der Waals surface area contributed by atoms with E-state index in [1.165, 1.54) is 0 Å². The molecule has 0 aliphatic carbocycles. The molecule has 0 saturated heterocycles. The molecule has 26 heavy (non-hydrogen) atoms. The van der Waals surface area contributed by atoms with E-state index in [0.29, 0.717) is 24.5 Å². The lowest BCUT2D eigenvalue weighted by Crippen LogP contribution is -2.20. The monoisotopic (exact) mass is 353 g/mol. The molecule has 0 bridgehead atoms. The maximum absolute atomic E-state index is 12.5. The molecule has 0 saturated carbocycles. The molecule has 0 aliphatic heterocycles. The van der Waals surface area contributed by atoms with E-state index >= 15 is 0 Å². The Balaban J connectivity index is 1.66. The number of nitrogens with zero attached hydrogens (tertiary/aromatic N) is 6. The van der Waals surface area contributed by atoms with Gasteiger partial charge in [-0.3, -0.25) is 14.4 Å². The molecule has 1 amide bonds. The first-order chi connectivity index (χ1) is 12.4. The molecule has 1 aromatic carbocycles. The van der Waals surface area contributed by atoms with Gasteiger partial charge in [0.2, 0.25) is 0 Å². The Morgan fingerprint density at radius 2 is 2.04 bits per heavy atom. The van der Waals surface area contributed by atoms with Crippen molar-refractivity contribution < 1.29 is 4.79 Å². The molecule has 0 spiro atoms. The van der Waals surface area contributed by atoms with Crippen LogP contribution in [0.25, 0.3) is 0 Å². The number of carbonyl (C=O) groups is 1. The van der Waals surface area contributed by atoms with Crippen LogP contribution in [0.2, 0.25) is 0 Å². The zero-order valence-electron chi connectivity index (χ0n) is 15.5. The summed E-state index contributed by atoms with van der Waals surface area (Å²) < 4.78 is 3.56. The van der Waals surface area contributed by atoms with Gasteiger partial charge in [0.15, 0.2) is 0 Å². The van der Waals surface area contributed by atoms with Gasteiger partial charge < -0.3 is 9.88 Å². The van der Waals surface area contributed by atoms with Crippen LogP contribution in [0, 0.1) is 6.92 Å². The van der Waals surface area contributed by atoms with E-state index in [2.05, 4.69) is 25.5 Å². The summed E-state index contributed by atoms with van der Waals surface area (Å²) in [4.78, 5) is 14.7. The summed E-state index contributed by atoms with van der Waals surface area (Å²) >= 11 is 0. The Labute approximate surface area is 152 Å². The van der Waals surface area contributed by atoms with Crippen molar-refractivity contribution in [3.63, 3.8) is 0 Å². The molecular weight excluding hydrogens is 330 g/mol. The van der Waals surface area contributed by atoms with Crippen molar-refractivity contribution in [3.8, 4) is 0 Å². The van der Waals surface area contributed by atoms with Crippen LogP contribution in [-0.2, 0) is 27.2 Å². The van der Waals surface area contributed by atoms with Crippen molar-refractivity contribution in [1.82, 2.24) is 29.4 Å². The summed E-state index contributed by atoms with van der Waals surface area (Å²) in [7, 11) is 5.74. The van der Waals surface area contributed by atoms with Crippen molar-refractivity contribution >= 4 is 11.7 Å². The summed E-state index contributed by atoms with van der Waals surface area (Å²) in [6.45, 7) is 3.28. The van der Waals surface area contributed by atoms with Crippen LogP contribution in [0.4, 0.5) is 5.82 Å². The average Bonchev–Trinajstić information content (AvgIpc) is 3.12. The highest BCUT2D eigenvalue weighted by Gasteiger charge is 2.11. The van der Waals surface area contributed by atoms with E-state index in [1.807, 2.05) is 55.9 Å². The topological polar surface area (TPSA) is 80.9 Å². The number of rotatable bonds is 6. The van der Waals surface area contributed by atoms with Gasteiger partial charge in [0, 0.05) is 32.3 Å². The van der Waals surface area contributed by atoms with Gasteiger partial charge in [-0.25, -0.2) is 0 Å². The molecular formula is C18H23N7O. The largest absolute Gasteiger partial charge is 0.320 e. The van der Waals surface area contributed by atoms with Crippen molar-refractivity contribution in [2.45, 2.75) is 20.0 Å². The minimum absolute atomic E-state index is 0.147. The maximum Gasteiger partial charge on any atom is 0.256 e. The number of hydrogen-bond acceptors (Lipinski definition) is 5. The number of aryl methyl sites for hydroxylation is 3. The van der Waals surface area contributed by atoms with Crippen LogP contribution < -0.4 is 5.32 Å². The fraction of sp³-hybridized carbons (Fsp3) is 0.333. The van der Waals surface area contributed by atoms with Gasteiger partial charge in [0.05, 0.1) is 12.2 Å². The molecule has 0 radical (unpaired) electrons. The van der Waals surface area contributed by atoms with Gasteiger partial charge in [-0.2, -0.15) is 5.10 Å². The van der Waals surface area contributed by atoms with Crippen LogP contribution in [-0.4, -0.2) is 42.4 Å². The number of nitrogens with one attached hydrogen (secondary N) is 1. The van der Waals surface area contributed by atoms with Crippen LogP contribution in [0.15, 0.2) is 36.7 Å². The molecule has 0 unspecified atom stereocenters. The Hall–Kier alpha value is -3.00. The number of hydrogen-bond donors (Lipinski definition) is 1.